The zero-order valence-electron chi connectivity index (χ0n) is 19.7. The second-order valence-electron chi connectivity index (χ2n) is 8.84. The number of nitrogens with zero attached hydrogens (tertiary/aromatic N) is 1. The Bertz CT molecular complexity index is 1320. The largest absolute Gasteiger partial charge is 0.496 e. The fourth-order valence-corrected chi connectivity index (χ4v) is 5.02. The third-order valence-corrected chi connectivity index (χ3v) is 6.78. The maximum atomic E-state index is 14.0. The second kappa shape index (κ2) is 9.59. The molecule has 0 spiro atoms. The van der Waals surface area contributed by atoms with Crippen molar-refractivity contribution >= 4 is 11.6 Å². The van der Waals surface area contributed by atoms with Crippen molar-refractivity contribution in [1.29, 1.82) is 0 Å². The molecule has 4 aromatic carbocycles. The molecule has 0 fully saturated rings. The SMILES string of the molecule is COc1ccccc1-c1cccc(CCC2C(=O)C(c3ccccc3)(c3ccccc3)N=C2N)c1. The van der Waals surface area contributed by atoms with Gasteiger partial charge in [0, 0.05) is 5.56 Å². The standard InChI is InChI=1S/C31H28N2O2/c1-35-28-18-9-8-17-26(28)23-12-10-11-22(21-23)19-20-27-29(34)31(33-30(27)32,24-13-4-2-5-14-24)25-15-6-3-7-16-25/h2-18,21,27H,19-20H2,1H3,(H2,32,33). The quantitative estimate of drug-likeness (QED) is 0.379. The molecule has 1 heterocycles. The number of hydrogen-bond donors (Lipinski definition) is 1. The molecule has 0 aliphatic carbocycles. The summed E-state index contributed by atoms with van der Waals surface area (Å²) in [7, 11) is 1.68. The van der Waals surface area contributed by atoms with E-state index in [2.05, 4.69) is 24.3 Å². The number of amidine groups is 1. The summed E-state index contributed by atoms with van der Waals surface area (Å²) in [5.74, 6) is 0.838. The van der Waals surface area contributed by atoms with Gasteiger partial charge in [0.05, 0.1) is 13.0 Å². The van der Waals surface area contributed by atoms with Crippen LogP contribution < -0.4 is 10.5 Å². The number of ketones is 1. The Morgan fingerprint density at radius 1 is 0.829 bits per heavy atom. The van der Waals surface area contributed by atoms with Crippen LogP contribution in [0.5, 0.6) is 5.75 Å². The summed E-state index contributed by atoms with van der Waals surface area (Å²) in [6.45, 7) is 0. The van der Waals surface area contributed by atoms with Crippen LogP contribution in [0.25, 0.3) is 11.1 Å². The predicted molar refractivity (Wildman–Crippen MR) is 141 cm³/mol. The number of ether oxygens (including phenoxy) is 1. The first-order chi connectivity index (χ1) is 17.1. The molecule has 5 rings (SSSR count). The van der Waals surface area contributed by atoms with E-state index in [4.69, 9.17) is 15.5 Å². The number of benzene rings is 4. The van der Waals surface area contributed by atoms with E-state index >= 15 is 0 Å². The van der Waals surface area contributed by atoms with Gasteiger partial charge in [0.25, 0.3) is 0 Å². The van der Waals surface area contributed by atoms with Gasteiger partial charge in [-0.15, -0.1) is 0 Å². The van der Waals surface area contributed by atoms with Gasteiger partial charge in [-0.2, -0.15) is 0 Å². The van der Waals surface area contributed by atoms with Crippen molar-refractivity contribution in [3.63, 3.8) is 0 Å². The predicted octanol–water partition coefficient (Wildman–Crippen LogP) is 5.79. The van der Waals surface area contributed by atoms with E-state index in [1.54, 1.807) is 7.11 Å². The van der Waals surface area contributed by atoms with Gasteiger partial charge in [0.15, 0.2) is 11.3 Å². The van der Waals surface area contributed by atoms with Crippen molar-refractivity contribution in [1.82, 2.24) is 0 Å². The molecule has 4 nitrogen and oxygen atoms in total. The van der Waals surface area contributed by atoms with Gasteiger partial charge in [0.1, 0.15) is 11.6 Å². The van der Waals surface area contributed by atoms with Crippen LogP contribution in [0.1, 0.15) is 23.1 Å². The molecule has 1 atom stereocenters. The number of hydrogen-bond acceptors (Lipinski definition) is 4. The van der Waals surface area contributed by atoms with Gasteiger partial charge in [-0.25, -0.2) is 4.99 Å². The van der Waals surface area contributed by atoms with E-state index in [-0.39, 0.29) is 5.78 Å². The first kappa shape index (κ1) is 22.6. The smallest absolute Gasteiger partial charge is 0.180 e. The second-order valence-corrected chi connectivity index (χ2v) is 8.84. The zero-order valence-corrected chi connectivity index (χ0v) is 19.7. The lowest BCUT2D eigenvalue weighted by molar-refractivity contribution is -0.124. The fraction of sp³-hybridized carbons (Fsp3) is 0.161. The minimum Gasteiger partial charge on any atom is -0.496 e. The Labute approximate surface area is 206 Å². The molecule has 2 N–H and O–H groups in total. The molecular weight excluding hydrogens is 432 g/mol. The van der Waals surface area contributed by atoms with Gasteiger partial charge >= 0.3 is 0 Å². The van der Waals surface area contributed by atoms with Crippen molar-refractivity contribution < 1.29 is 9.53 Å². The third-order valence-electron chi connectivity index (χ3n) is 6.78. The molecule has 0 radical (unpaired) electrons. The average molecular weight is 461 g/mol. The molecule has 174 valence electrons. The number of aryl methyl sites for hydroxylation is 1. The van der Waals surface area contributed by atoms with Crippen LogP contribution in [0.4, 0.5) is 0 Å². The molecule has 0 bridgehead atoms. The van der Waals surface area contributed by atoms with Gasteiger partial charge in [-0.05, 0) is 41.2 Å². The van der Waals surface area contributed by atoms with E-state index in [0.717, 1.165) is 40.0 Å². The molecular formula is C31H28N2O2. The van der Waals surface area contributed by atoms with Gasteiger partial charge in [0.2, 0.25) is 0 Å². The van der Waals surface area contributed by atoms with Crippen LogP contribution in [0.2, 0.25) is 0 Å². The molecule has 4 heteroatoms. The summed E-state index contributed by atoms with van der Waals surface area (Å²) in [6.07, 6.45) is 1.32. The lowest BCUT2D eigenvalue weighted by Gasteiger charge is -2.26. The molecule has 0 saturated carbocycles. The van der Waals surface area contributed by atoms with E-state index < -0.39 is 11.5 Å². The number of carbonyl (C=O) groups excluding carboxylic acids is 1. The lowest BCUT2D eigenvalue weighted by atomic mass is 9.77. The number of para-hydroxylation sites is 1. The molecule has 0 amide bonds. The maximum Gasteiger partial charge on any atom is 0.180 e. The van der Waals surface area contributed by atoms with Crippen LogP contribution in [-0.4, -0.2) is 18.7 Å². The van der Waals surface area contributed by atoms with Crippen molar-refractivity contribution in [3.8, 4) is 16.9 Å². The van der Waals surface area contributed by atoms with Crippen molar-refractivity contribution in [2.24, 2.45) is 16.6 Å². The monoisotopic (exact) mass is 460 g/mol. The topological polar surface area (TPSA) is 64.7 Å². The zero-order chi connectivity index (χ0) is 24.3. The molecule has 0 saturated heterocycles. The van der Waals surface area contributed by atoms with Crippen LogP contribution in [0, 0.1) is 5.92 Å². The Morgan fingerprint density at radius 2 is 1.46 bits per heavy atom. The summed E-state index contributed by atoms with van der Waals surface area (Å²) < 4.78 is 5.54. The summed E-state index contributed by atoms with van der Waals surface area (Å²) in [4.78, 5) is 18.9. The minimum atomic E-state index is -1.10. The average Bonchev–Trinajstić information content (AvgIpc) is 3.18. The van der Waals surface area contributed by atoms with Gasteiger partial charge in [-0.3, -0.25) is 4.79 Å². The number of aliphatic imine (C=N–C) groups is 1. The van der Waals surface area contributed by atoms with Gasteiger partial charge < -0.3 is 10.5 Å². The number of methoxy groups -OCH3 is 1. The Hall–Kier alpha value is -4.18. The summed E-state index contributed by atoms with van der Waals surface area (Å²) in [6, 6.07) is 35.8. The Morgan fingerprint density at radius 3 is 2.11 bits per heavy atom. The Kier molecular flexibility index (Phi) is 6.19. The number of nitrogens with two attached hydrogens (primary N) is 1. The van der Waals surface area contributed by atoms with Crippen molar-refractivity contribution in [2.75, 3.05) is 7.11 Å². The van der Waals surface area contributed by atoms with E-state index in [1.807, 2.05) is 84.9 Å². The Balaban J connectivity index is 1.43. The highest BCUT2D eigenvalue weighted by Gasteiger charge is 2.50. The molecule has 1 aliphatic rings. The molecule has 1 aliphatic heterocycles. The van der Waals surface area contributed by atoms with E-state index in [9.17, 15) is 4.79 Å². The highest BCUT2D eigenvalue weighted by molar-refractivity contribution is 6.14. The highest BCUT2D eigenvalue weighted by Crippen LogP contribution is 2.42. The normalized spacial score (nSPS) is 16.7. The van der Waals surface area contributed by atoms with E-state index in [1.165, 1.54) is 0 Å². The molecule has 4 aromatic rings. The lowest BCUT2D eigenvalue weighted by Crippen LogP contribution is -2.36. The van der Waals surface area contributed by atoms with Crippen LogP contribution in [-0.2, 0) is 16.8 Å². The number of Topliss-reactive ketones (excluding diaryl/α,β-unsaturated/α-hetero) is 1. The first-order valence-corrected chi connectivity index (χ1v) is 11.9. The maximum absolute atomic E-state index is 14.0. The van der Waals surface area contributed by atoms with Crippen molar-refractivity contribution in [2.45, 2.75) is 18.4 Å². The van der Waals surface area contributed by atoms with Crippen molar-refractivity contribution in [3.05, 3.63) is 126 Å². The van der Waals surface area contributed by atoms with Gasteiger partial charge in [-0.1, -0.05) is 103 Å². The van der Waals surface area contributed by atoms with Crippen LogP contribution >= 0.6 is 0 Å². The van der Waals surface area contributed by atoms with E-state index in [0.29, 0.717) is 12.3 Å². The van der Waals surface area contributed by atoms with Crippen LogP contribution in [0.15, 0.2) is 114 Å². The fourth-order valence-electron chi connectivity index (χ4n) is 5.02. The summed E-state index contributed by atoms with van der Waals surface area (Å²) in [5, 5.41) is 0. The summed E-state index contributed by atoms with van der Waals surface area (Å²) >= 11 is 0. The summed E-state index contributed by atoms with van der Waals surface area (Å²) in [5.41, 5.74) is 10.3. The first-order valence-electron chi connectivity index (χ1n) is 11.9. The third kappa shape index (κ3) is 4.12. The molecule has 1 unspecified atom stereocenters. The highest BCUT2D eigenvalue weighted by atomic mass is 16.5. The van der Waals surface area contributed by atoms with Crippen LogP contribution in [0.3, 0.4) is 0 Å². The minimum absolute atomic E-state index is 0.0354. The molecule has 0 aromatic heterocycles. The number of carbonyl (C=O) groups is 1. The molecule has 35 heavy (non-hydrogen) atoms. The number of rotatable bonds is 7.